The van der Waals surface area contributed by atoms with Crippen molar-refractivity contribution in [1.82, 2.24) is 0 Å². The van der Waals surface area contributed by atoms with Crippen LogP contribution in [0.1, 0.15) is 0 Å². The van der Waals surface area contributed by atoms with E-state index in [1.54, 1.807) is 0 Å². The van der Waals surface area contributed by atoms with Crippen LogP contribution < -0.4 is 5.73 Å². The van der Waals surface area contributed by atoms with Gasteiger partial charge in [0.25, 0.3) is 0 Å². The maximum atomic E-state index is 7.35. The molecule has 3 N–H and O–H groups in total. The molecule has 2 rings (SSSR count). The van der Waals surface area contributed by atoms with E-state index in [4.69, 9.17) is 5.11 Å². The Balaban J connectivity index is 0.000000337. The number of benzene rings is 2. The van der Waals surface area contributed by atoms with E-state index in [1.807, 2.05) is 12.1 Å². The van der Waals surface area contributed by atoms with Crippen molar-refractivity contribution in [1.29, 1.82) is 0 Å². The van der Waals surface area contributed by atoms with Crippen molar-refractivity contribution in [3.05, 3.63) is 60.7 Å². The standard InChI is InChI=1S/C12H10.CH5NO/c1-3-7-11(8-4-1)12-9-5-2-6-10-12;2-1-3/h1-10H;3H,1-2H2. The number of hydrogen-bond donors (Lipinski definition) is 2. The third kappa shape index (κ3) is 3.94. The van der Waals surface area contributed by atoms with E-state index in [2.05, 4.69) is 54.3 Å². The summed E-state index contributed by atoms with van der Waals surface area (Å²) in [7, 11) is 0. The van der Waals surface area contributed by atoms with Gasteiger partial charge in [-0.3, -0.25) is 0 Å². The molecule has 0 heterocycles. The second kappa shape index (κ2) is 6.76. The van der Waals surface area contributed by atoms with Crippen LogP contribution >= 0.6 is 0 Å². The molecular formula is C13H15NO. The molecule has 78 valence electrons. The Morgan fingerprint density at radius 2 is 1.00 bits per heavy atom. The molecule has 0 aliphatic rings. The zero-order valence-electron chi connectivity index (χ0n) is 8.51. The summed E-state index contributed by atoms with van der Waals surface area (Å²) in [6, 6.07) is 20.8. The van der Waals surface area contributed by atoms with Crippen LogP contribution in [0.2, 0.25) is 0 Å². The molecule has 0 spiro atoms. The second-order valence-electron chi connectivity index (χ2n) is 2.91. The van der Waals surface area contributed by atoms with Gasteiger partial charge in [0.05, 0.1) is 6.73 Å². The first-order valence-electron chi connectivity index (χ1n) is 4.80. The van der Waals surface area contributed by atoms with Crippen LogP contribution in [-0.2, 0) is 0 Å². The van der Waals surface area contributed by atoms with Gasteiger partial charge in [0.1, 0.15) is 0 Å². The fraction of sp³-hybridized carbons (Fsp3) is 0.0769. The predicted octanol–water partition coefficient (Wildman–Crippen LogP) is 2.25. The minimum Gasteiger partial charge on any atom is -0.382 e. The van der Waals surface area contributed by atoms with Gasteiger partial charge in [-0.15, -0.1) is 0 Å². The highest BCUT2D eigenvalue weighted by atomic mass is 16.3. The molecule has 2 aromatic rings. The van der Waals surface area contributed by atoms with E-state index in [0.29, 0.717) is 0 Å². The fourth-order valence-corrected chi connectivity index (χ4v) is 1.26. The topological polar surface area (TPSA) is 46.2 Å². The van der Waals surface area contributed by atoms with Crippen LogP contribution in [0.15, 0.2) is 60.7 Å². The van der Waals surface area contributed by atoms with Gasteiger partial charge in [0.15, 0.2) is 0 Å². The summed E-state index contributed by atoms with van der Waals surface area (Å²) in [5.41, 5.74) is 6.95. The lowest BCUT2D eigenvalue weighted by atomic mass is 10.1. The van der Waals surface area contributed by atoms with Gasteiger partial charge in [-0.1, -0.05) is 60.7 Å². The van der Waals surface area contributed by atoms with Crippen molar-refractivity contribution >= 4 is 0 Å². The zero-order chi connectivity index (χ0) is 10.9. The van der Waals surface area contributed by atoms with Crippen LogP contribution in [-0.4, -0.2) is 11.8 Å². The summed E-state index contributed by atoms with van der Waals surface area (Å²) in [6.45, 7) is -0.250. The van der Waals surface area contributed by atoms with Crippen molar-refractivity contribution in [3.8, 4) is 11.1 Å². The molecule has 2 aromatic carbocycles. The number of aliphatic hydroxyl groups is 1. The molecule has 0 amide bonds. The summed E-state index contributed by atoms with van der Waals surface area (Å²) in [5.74, 6) is 0. The average Bonchev–Trinajstić information content (AvgIpc) is 2.32. The number of rotatable bonds is 1. The van der Waals surface area contributed by atoms with Crippen molar-refractivity contribution in [2.45, 2.75) is 0 Å². The Labute approximate surface area is 90.0 Å². The van der Waals surface area contributed by atoms with Crippen LogP contribution in [0.4, 0.5) is 0 Å². The monoisotopic (exact) mass is 201 g/mol. The lowest BCUT2D eigenvalue weighted by Crippen LogP contribution is -1.92. The largest absolute Gasteiger partial charge is 0.382 e. The molecule has 15 heavy (non-hydrogen) atoms. The molecular weight excluding hydrogens is 186 g/mol. The number of hydrogen-bond acceptors (Lipinski definition) is 2. The van der Waals surface area contributed by atoms with E-state index in [-0.39, 0.29) is 6.73 Å². The van der Waals surface area contributed by atoms with Gasteiger partial charge >= 0.3 is 0 Å². The Bertz CT molecular complexity index is 321. The molecule has 2 nitrogen and oxygen atoms in total. The Kier molecular flexibility index (Phi) is 5.15. The Hall–Kier alpha value is -1.64. The molecule has 0 fully saturated rings. The van der Waals surface area contributed by atoms with Gasteiger partial charge in [0.2, 0.25) is 0 Å². The summed E-state index contributed by atoms with van der Waals surface area (Å²) in [5, 5.41) is 7.35. The normalized spacial score (nSPS) is 8.93. The predicted molar refractivity (Wildman–Crippen MR) is 63.2 cm³/mol. The SMILES string of the molecule is NCO.c1ccc(-c2ccccc2)cc1. The van der Waals surface area contributed by atoms with Crippen molar-refractivity contribution < 1.29 is 5.11 Å². The third-order valence-corrected chi connectivity index (χ3v) is 1.88. The molecule has 0 bridgehead atoms. The smallest absolute Gasteiger partial charge is 0.0906 e. The lowest BCUT2D eigenvalue weighted by Gasteiger charge is -1.98. The van der Waals surface area contributed by atoms with Gasteiger partial charge in [-0.25, -0.2) is 0 Å². The van der Waals surface area contributed by atoms with E-state index in [0.717, 1.165) is 0 Å². The zero-order valence-corrected chi connectivity index (χ0v) is 8.51. The molecule has 0 aliphatic carbocycles. The van der Waals surface area contributed by atoms with Gasteiger partial charge in [0, 0.05) is 0 Å². The van der Waals surface area contributed by atoms with E-state index in [1.165, 1.54) is 11.1 Å². The molecule has 0 atom stereocenters. The van der Waals surface area contributed by atoms with Gasteiger partial charge < -0.3 is 10.8 Å². The Morgan fingerprint density at radius 1 is 0.733 bits per heavy atom. The first-order chi connectivity index (χ1) is 7.38. The highest BCUT2D eigenvalue weighted by molar-refractivity contribution is 5.62. The van der Waals surface area contributed by atoms with Crippen LogP contribution in [0.5, 0.6) is 0 Å². The highest BCUT2D eigenvalue weighted by Crippen LogP contribution is 2.17. The highest BCUT2D eigenvalue weighted by Gasteiger charge is 1.91. The minimum atomic E-state index is -0.250. The quantitative estimate of drug-likeness (QED) is 0.695. The number of aliphatic hydroxyl groups excluding tert-OH is 1. The summed E-state index contributed by atoms with van der Waals surface area (Å²) in [6.07, 6.45) is 0. The van der Waals surface area contributed by atoms with Crippen LogP contribution in [0.25, 0.3) is 11.1 Å². The van der Waals surface area contributed by atoms with Crippen LogP contribution in [0, 0.1) is 0 Å². The summed E-state index contributed by atoms with van der Waals surface area (Å²) < 4.78 is 0. The summed E-state index contributed by atoms with van der Waals surface area (Å²) >= 11 is 0. The maximum absolute atomic E-state index is 7.35. The maximum Gasteiger partial charge on any atom is 0.0906 e. The van der Waals surface area contributed by atoms with Crippen molar-refractivity contribution in [3.63, 3.8) is 0 Å². The first kappa shape index (κ1) is 11.4. The van der Waals surface area contributed by atoms with E-state index in [9.17, 15) is 0 Å². The second-order valence-corrected chi connectivity index (χ2v) is 2.91. The van der Waals surface area contributed by atoms with E-state index < -0.39 is 0 Å². The molecule has 0 aromatic heterocycles. The molecule has 0 aliphatic heterocycles. The third-order valence-electron chi connectivity index (χ3n) is 1.88. The number of nitrogens with two attached hydrogens (primary N) is 1. The van der Waals surface area contributed by atoms with E-state index >= 15 is 0 Å². The summed E-state index contributed by atoms with van der Waals surface area (Å²) in [4.78, 5) is 0. The first-order valence-corrected chi connectivity index (χ1v) is 4.80. The van der Waals surface area contributed by atoms with Crippen molar-refractivity contribution in [2.24, 2.45) is 5.73 Å². The van der Waals surface area contributed by atoms with Crippen LogP contribution in [0.3, 0.4) is 0 Å². The average molecular weight is 201 g/mol. The van der Waals surface area contributed by atoms with Gasteiger partial charge in [-0.2, -0.15) is 0 Å². The Morgan fingerprint density at radius 3 is 1.27 bits per heavy atom. The van der Waals surface area contributed by atoms with Gasteiger partial charge in [-0.05, 0) is 11.1 Å². The molecule has 2 heteroatoms. The molecule has 0 unspecified atom stereocenters. The molecule has 0 saturated heterocycles. The lowest BCUT2D eigenvalue weighted by molar-refractivity contribution is 0.307. The van der Waals surface area contributed by atoms with Crippen molar-refractivity contribution in [2.75, 3.05) is 6.73 Å². The minimum absolute atomic E-state index is 0.250. The molecule has 0 saturated carbocycles. The molecule has 0 radical (unpaired) electrons. The fourth-order valence-electron chi connectivity index (χ4n) is 1.26.